The Morgan fingerprint density at radius 1 is 1.22 bits per heavy atom. The molecule has 2 N–H and O–H groups in total. The first-order valence-corrected chi connectivity index (χ1v) is 9.38. The maximum absolute atomic E-state index is 11.4. The van der Waals surface area contributed by atoms with E-state index in [1.54, 1.807) is 0 Å². The summed E-state index contributed by atoms with van der Waals surface area (Å²) in [6.07, 6.45) is 6.88. The lowest BCUT2D eigenvalue weighted by molar-refractivity contribution is 0.0701. The van der Waals surface area contributed by atoms with Crippen LogP contribution in [0.4, 0.5) is 5.82 Å². The highest BCUT2D eigenvalue weighted by atomic mass is 32.1. The van der Waals surface area contributed by atoms with E-state index in [4.69, 9.17) is 5.10 Å². The van der Waals surface area contributed by atoms with Gasteiger partial charge in [0, 0.05) is 18.7 Å². The number of unbranched alkanes of at least 4 members (excludes halogenated alkanes) is 4. The zero-order valence-electron chi connectivity index (χ0n) is 14.3. The molecule has 5 nitrogen and oxygen atoms in total. The molecule has 0 aliphatic rings. The van der Waals surface area contributed by atoms with Gasteiger partial charge in [0.15, 0.2) is 5.82 Å². The van der Waals surface area contributed by atoms with Crippen LogP contribution in [0.5, 0.6) is 0 Å². The van der Waals surface area contributed by atoms with E-state index in [0.717, 1.165) is 60.4 Å². The number of carboxylic acids is 1. The summed E-state index contributed by atoms with van der Waals surface area (Å²) in [6, 6.07) is 0. The highest BCUT2D eigenvalue weighted by molar-refractivity contribution is 7.21. The van der Waals surface area contributed by atoms with Gasteiger partial charge in [0.25, 0.3) is 0 Å². The largest absolute Gasteiger partial charge is 0.477 e. The van der Waals surface area contributed by atoms with E-state index in [0.29, 0.717) is 4.88 Å². The third-order valence-electron chi connectivity index (χ3n) is 4.05. The zero-order valence-corrected chi connectivity index (χ0v) is 15.1. The Bertz CT molecular complexity index is 660. The third-order valence-corrected chi connectivity index (χ3v) is 5.33. The standard InChI is InChI=1S/C17H27N3O2S/c1-4-6-8-10-18-16-15-13(12(3)14(23-15)17(21)22)20(19-16)11-9-7-5-2/h4-11H2,1-3H3,(H,18,19)(H,21,22). The number of anilines is 1. The molecule has 2 aromatic rings. The lowest BCUT2D eigenvalue weighted by atomic mass is 10.2. The summed E-state index contributed by atoms with van der Waals surface area (Å²) < 4.78 is 2.97. The maximum Gasteiger partial charge on any atom is 0.346 e. The van der Waals surface area contributed by atoms with E-state index in [-0.39, 0.29) is 0 Å². The number of carboxylic acid groups (broad SMARTS) is 1. The van der Waals surface area contributed by atoms with Crippen molar-refractivity contribution in [1.82, 2.24) is 9.78 Å². The number of thiophene rings is 1. The first kappa shape index (κ1) is 17.8. The van der Waals surface area contributed by atoms with Crippen LogP contribution >= 0.6 is 11.3 Å². The molecule has 0 bridgehead atoms. The summed E-state index contributed by atoms with van der Waals surface area (Å²) in [5.74, 6) is -0.00561. The smallest absolute Gasteiger partial charge is 0.346 e. The minimum atomic E-state index is -0.847. The molecule has 0 atom stereocenters. The fourth-order valence-electron chi connectivity index (χ4n) is 2.77. The molecule has 0 unspecified atom stereocenters. The van der Waals surface area contributed by atoms with E-state index < -0.39 is 5.97 Å². The van der Waals surface area contributed by atoms with Crippen LogP contribution in [0, 0.1) is 6.92 Å². The number of carbonyl (C=O) groups is 1. The molecule has 2 aromatic heterocycles. The minimum Gasteiger partial charge on any atom is -0.477 e. The molecule has 0 aliphatic heterocycles. The number of aromatic carboxylic acids is 1. The Hall–Kier alpha value is -1.56. The molecule has 128 valence electrons. The zero-order chi connectivity index (χ0) is 16.8. The third kappa shape index (κ3) is 4.05. The molecular weight excluding hydrogens is 310 g/mol. The summed E-state index contributed by atoms with van der Waals surface area (Å²) in [6.45, 7) is 7.98. The SMILES string of the molecule is CCCCCNc1nn(CCCCC)c2c(C)c(C(=O)O)sc12. The summed E-state index contributed by atoms with van der Waals surface area (Å²) in [7, 11) is 0. The molecule has 0 aliphatic carbocycles. The molecule has 0 fully saturated rings. The van der Waals surface area contributed by atoms with Crippen molar-refractivity contribution in [2.75, 3.05) is 11.9 Å². The van der Waals surface area contributed by atoms with Crippen LogP contribution in [-0.4, -0.2) is 27.4 Å². The van der Waals surface area contributed by atoms with Crippen molar-refractivity contribution in [3.05, 3.63) is 10.4 Å². The van der Waals surface area contributed by atoms with Crippen LogP contribution in [0.2, 0.25) is 0 Å². The average Bonchev–Trinajstić information content (AvgIpc) is 3.03. The Morgan fingerprint density at radius 2 is 1.91 bits per heavy atom. The number of hydrogen-bond acceptors (Lipinski definition) is 4. The predicted octanol–water partition coefficient (Wildman–Crippen LogP) is 4.90. The van der Waals surface area contributed by atoms with Crippen molar-refractivity contribution in [2.45, 2.75) is 65.8 Å². The Kier molecular flexibility index (Phi) is 6.45. The summed E-state index contributed by atoms with van der Waals surface area (Å²) in [5.41, 5.74) is 1.82. The van der Waals surface area contributed by atoms with Gasteiger partial charge in [-0.1, -0.05) is 39.5 Å². The van der Waals surface area contributed by atoms with Crippen molar-refractivity contribution in [1.29, 1.82) is 0 Å². The molecule has 6 heteroatoms. The normalized spacial score (nSPS) is 11.3. The maximum atomic E-state index is 11.4. The first-order valence-electron chi connectivity index (χ1n) is 8.57. The van der Waals surface area contributed by atoms with Crippen LogP contribution in [0.3, 0.4) is 0 Å². The number of fused-ring (bicyclic) bond motifs is 1. The van der Waals surface area contributed by atoms with Gasteiger partial charge in [-0.15, -0.1) is 11.3 Å². The highest BCUT2D eigenvalue weighted by Gasteiger charge is 2.21. The fourth-order valence-corrected chi connectivity index (χ4v) is 3.87. The van der Waals surface area contributed by atoms with Crippen molar-refractivity contribution >= 4 is 33.3 Å². The van der Waals surface area contributed by atoms with Crippen LogP contribution in [0.15, 0.2) is 0 Å². The van der Waals surface area contributed by atoms with Gasteiger partial charge in [0.2, 0.25) is 0 Å². The second kappa shape index (κ2) is 8.34. The second-order valence-corrected chi connectivity index (χ2v) is 6.97. The molecule has 2 heterocycles. The van der Waals surface area contributed by atoms with E-state index >= 15 is 0 Å². The van der Waals surface area contributed by atoms with Gasteiger partial charge in [0.1, 0.15) is 4.88 Å². The van der Waals surface area contributed by atoms with Gasteiger partial charge in [-0.05, 0) is 19.8 Å². The fraction of sp³-hybridized carbons (Fsp3) is 0.647. The van der Waals surface area contributed by atoms with Gasteiger partial charge in [-0.25, -0.2) is 4.79 Å². The van der Waals surface area contributed by atoms with Crippen molar-refractivity contribution < 1.29 is 9.90 Å². The van der Waals surface area contributed by atoms with Gasteiger partial charge in [-0.2, -0.15) is 5.10 Å². The molecule has 0 radical (unpaired) electrons. The summed E-state index contributed by atoms with van der Waals surface area (Å²) >= 11 is 1.34. The van der Waals surface area contributed by atoms with Gasteiger partial charge < -0.3 is 10.4 Å². The van der Waals surface area contributed by atoms with Crippen molar-refractivity contribution in [3.8, 4) is 0 Å². The van der Waals surface area contributed by atoms with Crippen molar-refractivity contribution in [2.24, 2.45) is 0 Å². The molecular formula is C17H27N3O2S. The quantitative estimate of drug-likeness (QED) is 0.605. The minimum absolute atomic E-state index is 0.429. The molecule has 0 saturated carbocycles. The number of aromatic nitrogens is 2. The Labute approximate surface area is 141 Å². The van der Waals surface area contributed by atoms with Gasteiger partial charge in [-0.3, -0.25) is 4.68 Å². The van der Waals surface area contributed by atoms with Crippen LogP contribution < -0.4 is 5.32 Å². The van der Waals surface area contributed by atoms with Gasteiger partial charge in [0.05, 0.1) is 10.2 Å². The summed E-state index contributed by atoms with van der Waals surface area (Å²) in [5, 5.41) is 17.5. The lowest BCUT2D eigenvalue weighted by Gasteiger charge is -2.04. The highest BCUT2D eigenvalue weighted by Crippen LogP contribution is 2.36. The average molecular weight is 337 g/mol. The lowest BCUT2D eigenvalue weighted by Crippen LogP contribution is -2.05. The molecule has 0 saturated heterocycles. The monoisotopic (exact) mass is 337 g/mol. The number of aryl methyl sites for hydroxylation is 2. The number of nitrogens with one attached hydrogen (secondary N) is 1. The molecule has 0 aromatic carbocycles. The number of rotatable bonds is 10. The van der Waals surface area contributed by atoms with Crippen molar-refractivity contribution in [3.63, 3.8) is 0 Å². The predicted molar refractivity (Wildman–Crippen MR) is 96.8 cm³/mol. The first-order chi connectivity index (χ1) is 11.1. The van der Waals surface area contributed by atoms with E-state index in [2.05, 4.69) is 19.2 Å². The Balaban J connectivity index is 2.30. The molecule has 0 amide bonds. The topological polar surface area (TPSA) is 67.2 Å². The van der Waals surface area contributed by atoms with E-state index in [1.807, 2.05) is 11.6 Å². The van der Waals surface area contributed by atoms with Crippen LogP contribution in [-0.2, 0) is 6.54 Å². The number of hydrogen-bond donors (Lipinski definition) is 2. The van der Waals surface area contributed by atoms with Crippen LogP contribution in [0.1, 0.15) is 67.6 Å². The van der Waals surface area contributed by atoms with E-state index in [9.17, 15) is 9.90 Å². The summed E-state index contributed by atoms with van der Waals surface area (Å²) in [4.78, 5) is 11.9. The molecule has 0 spiro atoms. The van der Waals surface area contributed by atoms with Gasteiger partial charge >= 0.3 is 5.97 Å². The van der Waals surface area contributed by atoms with E-state index in [1.165, 1.54) is 24.2 Å². The second-order valence-electron chi connectivity index (χ2n) is 5.95. The Morgan fingerprint density at radius 3 is 2.57 bits per heavy atom. The van der Waals surface area contributed by atoms with Crippen LogP contribution in [0.25, 0.3) is 10.2 Å². The number of nitrogens with zero attached hydrogens (tertiary/aromatic N) is 2. The molecule has 23 heavy (non-hydrogen) atoms. The molecule has 2 rings (SSSR count).